The number of oxime groups is 1. The maximum absolute atomic E-state index is 4.77. The minimum Gasteiger partial charge on any atom is -0.399 e. The fraction of sp³-hybridized carbons (Fsp3) is 0.364. The van der Waals surface area contributed by atoms with Crippen LogP contribution in [-0.2, 0) is 4.84 Å². The van der Waals surface area contributed by atoms with Gasteiger partial charge in [-0.15, -0.1) is 0 Å². The van der Waals surface area contributed by atoms with Crippen LogP contribution in [0.4, 0.5) is 0 Å². The lowest BCUT2D eigenvalue weighted by Gasteiger charge is -2.02. The Hall–Kier alpha value is -1.31. The van der Waals surface area contributed by atoms with Gasteiger partial charge in [0.25, 0.3) is 0 Å². The van der Waals surface area contributed by atoms with Gasteiger partial charge in [0.05, 0.1) is 5.71 Å². The first-order valence-corrected chi connectivity index (χ1v) is 4.45. The molecule has 1 aromatic carbocycles. The first-order chi connectivity index (χ1) is 6.27. The van der Waals surface area contributed by atoms with E-state index in [0.29, 0.717) is 0 Å². The van der Waals surface area contributed by atoms with Crippen molar-refractivity contribution in [3.8, 4) is 0 Å². The largest absolute Gasteiger partial charge is 0.399 e. The molecule has 0 N–H and O–H groups in total. The first-order valence-electron chi connectivity index (χ1n) is 4.45. The Labute approximate surface area is 79.2 Å². The van der Waals surface area contributed by atoms with Crippen molar-refractivity contribution in [2.45, 2.75) is 20.3 Å². The van der Waals surface area contributed by atoms with E-state index in [9.17, 15) is 0 Å². The average molecular weight is 177 g/mol. The normalized spacial score (nSPS) is 11.5. The average Bonchev–Trinajstić information content (AvgIpc) is 2.16. The molecule has 0 radical (unpaired) electrons. The Morgan fingerprint density at radius 3 is 2.38 bits per heavy atom. The quantitative estimate of drug-likeness (QED) is 0.514. The molecule has 0 aliphatic rings. The molecule has 0 heterocycles. The topological polar surface area (TPSA) is 21.6 Å². The van der Waals surface area contributed by atoms with E-state index in [4.69, 9.17) is 4.84 Å². The van der Waals surface area contributed by atoms with Crippen LogP contribution in [-0.4, -0.2) is 12.8 Å². The Morgan fingerprint density at radius 1 is 1.31 bits per heavy atom. The van der Waals surface area contributed by atoms with E-state index in [0.717, 1.165) is 17.7 Å². The van der Waals surface area contributed by atoms with E-state index < -0.39 is 0 Å². The van der Waals surface area contributed by atoms with E-state index >= 15 is 0 Å². The molecule has 0 bridgehead atoms. The van der Waals surface area contributed by atoms with E-state index in [-0.39, 0.29) is 0 Å². The predicted octanol–water partition coefficient (Wildman–Crippen LogP) is 2.76. The molecule has 2 nitrogen and oxygen atoms in total. The molecule has 13 heavy (non-hydrogen) atoms. The molecule has 0 aromatic heterocycles. The van der Waals surface area contributed by atoms with Gasteiger partial charge >= 0.3 is 0 Å². The summed E-state index contributed by atoms with van der Waals surface area (Å²) in [6, 6.07) is 8.29. The van der Waals surface area contributed by atoms with Crippen molar-refractivity contribution in [2.24, 2.45) is 5.16 Å². The van der Waals surface area contributed by atoms with Crippen LogP contribution in [0.15, 0.2) is 29.4 Å². The minimum atomic E-state index is 0.886. The number of hydrogen-bond acceptors (Lipinski definition) is 2. The van der Waals surface area contributed by atoms with Gasteiger partial charge in [0.2, 0.25) is 0 Å². The molecular formula is C11H15NO. The molecule has 1 aromatic rings. The monoisotopic (exact) mass is 177 g/mol. The molecule has 0 fully saturated rings. The summed E-state index contributed by atoms with van der Waals surface area (Å²) in [5.74, 6) is 0. The molecule has 0 aliphatic carbocycles. The van der Waals surface area contributed by atoms with Crippen LogP contribution in [0.3, 0.4) is 0 Å². The summed E-state index contributed by atoms with van der Waals surface area (Å²) in [4.78, 5) is 4.77. The highest BCUT2D eigenvalue weighted by molar-refractivity contribution is 6.00. The van der Waals surface area contributed by atoms with Crippen molar-refractivity contribution in [2.75, 3.05) is 7.11 Å². The van der Waals surface area contributed by atoms with Crippen molar-refractivity contribution in [1.29, 1.82) is 0 Å². The molecule has 0 atom stereocenters. The molecule has 0 amide bonds. The van der Waals surface area contributed by atoms with Crippen LogP contribution in [0.25, 0.3) is 0 Å². The molecule has 0 spiro atoms. The predicted molar refractivity (Wildman–Crippen MR) is 55.0 cm³/mol. The Kier molecular flexibility index (Phi) is 3.50. The summed E-state index contributed by atoms with van der Waals surface area (Å²) >= 11 is 0. The molecule has 1 rings (SSSR count). The van der Waals surface area contributed by atoms with Crippen LogP contribution >= 0.6 is 0 Å². The summed E-state index contributed by atoms with van der Waals surface area (Å²) in [5, 5.41) is 3.96. The summed E-state index contributed by atoms with van der Waals surface area (Å²) in [7, 11) is 1.57. The second-order valence-corrected chi connectivity index (χ2v) is 2.94. The van der Waals surface area contributed by atoms with Crippen LogP contribution in [0, 0.1) is 6.92 Å². The van der Waals surface area contributed by atoms with Gasteiger partial charge in [-0.3, -0.25) is 0 Å². The third-order valence-electron chi connectivity index (χ3n) is 1.92. The van der Waals surface area contributed by atoms with Gasteiger partial charge in [0, 0.05) is 0 Å². The Morgan fingerprint density at radius 2 is 1.92 bits per heavy atom. The fourth-order valence-electron chi connectivity index (χ4n) is 1.18. The summed E-state index contributed by atoms with van der Waals surface area (Å²) < 4.78 is 0. The zero-order chi connectivity index (χ0) is 9.68. The van der Waals surface area contributed by atoms with Gasteiger partial charge in [-0.05, 0) is 18.9 Å². The summed E-state index contributed by atoms with van der Waals surface area (Å²) in [6.07, 6.45) is 0.886. The van der Waals surface area contributed by atoms with Crippen LogP contribution in [0.5, 0.6) is 0 Å². The van der Waals surface area contributed by atoms with Gasteiger partial charge in [-0.1, -0.05) is 41.9 Å². The maximum Gasteiger partial charge on any atom is 0.106 e. The van der Waals surface area contributed by atoms with Crippen molar-refractivity contribution >= 4 is 5.71 Å². The van der Waals surface area contributed by atoms with Crippen LogP contribution in [0.2, 0.25) is 0 Å². The van der Waals surface area contributed by atoms with Crippen LogP contribution in [0.1, 0.15) is 24.5 Å². The SMILES string of the molecule is CCC(=NOC)c1ccc(C)cc1. The van der Waals surface area contributed by atoms with E-state index in [1.165, 1.54) is 5.56 Å². The first kappa shape index (κ1) is 9.78. The molecule has 0 saturated heterocycles. The maximum atomic E-state index is 4.77. The summed E-state index contributed by atoms with van der Waals surface area (Å²) in [6.45, 7) is 4.14. The third-order valence-corrected chi connectivity index (χ3v) is 1.92. The number of nitrogens with zero attached hydrogens (tertiary/aromatic N) is 1. The van der Waals surface area contributed by atoms with E-state index in [1.807, 2.05) is 0 Å². The molecular weight excluding hydrogens is 162 g/mol. The lowest BCUT2D eigenvalue weighted by atomic mass is 10.1. The smallest absolute Gasteiger partial charge is 0.106 e. The molecule has 0 aliphatic heterocycles. The standard InChI is InChI=1S/C11H15NO/c1-4-11(12-13-3)10-7-5-9(2)6-8-10/h5-8H,4H2,1-3H3. The van der Waals surface area contributed by atoms with Crippen molar-refractivity contribution < 1.29 is 4.84 Å². The number of aryl methyl sites for hydroxylation is 1. The molecule has 0 unspecified atom stereocenters. The number of rotatable bonds is 3. The minimum absolute atomic E-state index is 0.886. The van der Waals surface area contributed by atoms with Gasteiger partial charge in [-0.2, -0.15) is 0 Å². The highest BCUT2D eigenvalue weighted by Gasteiger charge is 2.00. The van der Waals surface area contributed by atoms with Gasteiger partial charge in [-0.25, -0.2) is 0 Å². The lowest BCUT2D eigenvalue weighted by Crippen LogP contribution is -1.99. The zero-order valence-electron chi connectivity index (χ0n) is 8.37. The highest BCUT2D eigenvalue weighted by Crippen LogP contribution is 2.07. The summed E-state index contributed by atoms with van der Waals surface area (Å²) in [5.41, 5.74) is 3.38. The molecule has 2 heteroatoms. The number of benzene rings is 1. The third kappa shape index (κ3) is 2.58. The van der Waals surface area contributed by atoms with E-state index in [1.54, 1.807) is 7.11 Å². The molecule has 70 valence electrons. The number of hydrogen-bond donors (Lipinski definition) is 0. The highest BCUT2D eigenvalue weighted by atomic mass is 16.6. The van der Waals surface area contributed by atoms with Gasteiger partial charge in [0.1, 0.15) is 7.11 Å². The van der Waals surface area contributed by atoms with E-state index in [2.05, 4.69) is 43.3 Å². The van der Waals surface area contributed by atoms with Gasteiger partial charge in [0.15, 0.2) is 0 Å². The Balaban J connectivity index is 2.92. The van der Waals surface area contributed by atoms with Crippen molar-refractivity contribution in [1.82, 2.24) is 0 Å². The van der Waals surface area contributed by atoms with Crippen LogP contribution < -0.4 is 0 Å². The van der Waals surface area contributed by atoms with Gasteiger partial charge < -0.3 is 4.84 Å². The fourth-order valence-corrected chi connectivity index (χ4v) is 1.18. The lowest BCUT2D eigenvalue weighted by molar-refractivity contribution is 0.213. The molecule has 0 saturated carbocycles. The second kappa shape index (κ2) is 4.65. The Bertz CT molecular complexity index is 287. The second-order valence-electron chi connectivity index (χ2n) is 2.94. The van der Waals surface area contributed by atoms with Crippen molar-refractivity contribution in [3.05, 3.63) is 35.4 Å². The zero-order valence-corrected chi connectivity index (χ0v) is 8.37. The van der Waals surface area contributed by atoms with Crippen molar-refractivity contribution in [3.63, 3.8) is 0 Å².